The predicted octanol–water partition coefficient (Wildman–Crippen LogP) is 4.86. The lowest BCUT2D eigenvalue weighted by molar-refractivity contribution is -0.140. The van der Waals surface area contributed by atoms with Gasteiger partial charge in [-0.15, -0.1) is 0 Å². The van der Waals surface area contributed by atoms with E-state index in [0.717, 1.165) is 32.1 Å². The number of aliphatic carboxylic acids is 1. The van der Waals surface area contributed by atoms with E-state index in [2.05, 4.69) is 15.6 Å². The molecule has 1 aromatic carbocycles. The summed E-state index contributed by atoms with van der Waals surface area (Å²) in [5.74, 6) is -1.21. The zero-order valence-corrected chi connectivity index (χ0v) is 18.5. The van der Waals surface area contributed by atoms with E-state index in [-0.39, 0.29) is 40.8 Å². The predicted molar refractivity (Wildman–Crippen MR) is 120 cm³/mol. The van der Waals surface area contributed by atoms with E-state index in [9.17, 15) is 19.8 Å². The Kier molecular flexibility index (Phi) is 7.62. The summed E-state index contributed by atoms with van der Waals surface area (Å²) >= 11 is 11.9. The van der Waals surface area contributed by atoms with Crippen LogP contribution < -0.4 is 10.6 Å². The maximum Gasteiger partial charge on any atom is 0.303 e. The second kappa shape index (κ2) is 10.2. The summed E-state index contributed by atoms with van der Waals surface area (Å²) in [4.78, 5) is 28.0. The number of benzene rings is 1. The molecule has 1 aromatic heterocycles. The molecule has 2 aromatic rings. The van der Waals surface area contributed by atoms with E-state index in [1.807, 2.05) is 0 Å². The van der Waals surface area contributed by atoms with Crippen LogP contribution in [0.5, 0.6) is 5.75 Å². The Morgan fingerprint density at radius 1 is 1.13 bits per heavy atom. The minimum absolute atomic E-state index is 0.0412. The van der Waals surface area contributed by atoms with Crippen molar-refractivity contribution >= 4 is 40.8 Å². The van der Waals surface area contributed by atoms with Gasteiger partial charge in [-0.05, 0) is 42.5 Å². The van der Waals surface area contributed by atoms with Gasteiger partial charge >= 0.3 is 5.97 Å². The van der Waals surface area contributed by atoms with Crippen LogP contribution in [0.25, 0.3) is 0 Å². The summed E-state index contributed by atoms with van der Waals surface area (Å²) < 4.78 is 0. The lowest BCUT2D eigenvalue weighted by Crippen LogP contribution is -2.40. The molecule has 1 aliphatic carbocycles. The number of carbonyl (C=O) groups excluding carboxylic acids is 1. The van der Waals surface area contributed by atoms with Crippen molar-refractivity contribution in [1.29, 1.82) is 0 Å². The van der Waals surface area contributed by atoms with Crippen molar-refractivity contribution < 1.29 is 19.8 Å². The Bertz CT molecular complexity index is 945. The minimum Gasteiger partial charge on any atom is -0.506 e. The number of anilines is 1. The summed E-state index contributed by atoms with van der Waals surface area (Å²) in [5, 5.41) is 25.8. The second-order valence-electron chi connectivity index (χ2n) is 7.99. The number of pyridine rings is 1. The fourth-order valence-corrected chi connectivity index (χ4v) is 4.52. The Labute approximate surface area is 190 Å². The van der Waals surface area contributed by atoms with Gasteiger partial charge in [-0.25, -0.2) is 4.98 Å². The molecule has 7 nitrogen and oxygen atoms in total. The number of hydrogen-bond donors (Lipinski definition) is 4. The van der Waals surface area contributed by atoms with Crippen LogP contribution in [0.4, 0.5) is 5.69 Å². The van der Waals surface area contributed by atoms with Gasteiger partial charge in [0.1, 0.15) is 11.4 Å². The Morgan fingerprint density at radius 2 is 1.87 bits per heavy atom. The summed E-state index contributed by atoms with van der Waals surface area (Å²) in [6.07, 6.45) is 6.25. The normalized spacial score (nSPS) is 15.3. The van der Waals surface area contributed by atoms with Crippen molar-refractivity contribution in [3.8, 4) is 5.75 Å². The highest BCUT2D eigenvalue weighted by Gasteiger charge is 2.34. The molecule has 1 aliphatic rings. The van der Waals surface area contributed by atoms with Crippen LogP contribution in [0, 0.1) is 5.41 Å². The van der Waals surface area contributed by atoms with Crippen LogP contribution in [0.15, 0.2) is 30.5 Å². The number of aromatic nitrogens is 1. The van der Waals surface area contributed by atoms with Gasteiger partial charge in [0.2, 0.25) is 0 Å². The molecule has 166 valence electrons. The van der Waals surface area contributed by atoms with Gasteiger partial charge in [-0.3, -0.25) is 9.59 Å². The highest BCUT2D eigenvalue weighted by atomic mass is 35.5. The molecule has 9 heteroatoms. The third kappa shape index (κ3) is 6.24. The van der Waals surface area contributed by atoms with E-state index < -0.39 is 5.97 Å². The number of phenolic OH excluding ortho intramolecular Hbond substituents is 1. The van der Waals surface area contributed by atoms with E-state index in [1.54, 1.807) is 18.2 Å². The number of rotatable bonds is 8. The Hall–Kier alpha value is -2.51. The van der Waals surface area contributed by atoms with Crippen molar-refractivity contribution in [3.63, 3.8) is 0 Å². The van der Waals surface area contributed by atoms with Crippen LogP contribution in [-0.2, 0) is 11.3 Å². The van der Waals surface area contributed by atoms with Gasteiger partial charge in [0.25, 0.3) is 5.91 Å². The number of nitrogens with one attached hydrogen (secondary N) is 2. The highest BCUT2D eigenvalue weighted by molar-refractivity contribution is 6.35. The molecule has 0 radical (unpaired) electrons. The van der Waals surface area contributed by atoms with Gasteiger partial charge in [-0.1, -0.05) is 42.5 Å². The first kappa shape index (κ1) is 23.2. The second-order valence-corrected chi connectivity index (χ2v) is 8.84. The smallest absolute Gasteiger partial charge is 0.303 e. The van der Waals surface area contributed by atoms with Crippen molar-refractivity contribution in [2.24, 2.45) is 5.41 Å². The van der Waals surface area contributed by atoms with Gasteiger partial charge in [0, 0.05) is 23.7 Å². The number of halogens is 2. The van der Waals surface area contributed by atoms with Crippen molar-refractivity contribution in [2.45, 2.75) is 45.1 Å². The molecule has 0 atom stereocenters. The third-order valence-corrected chi connectivity index (χ3v) is 6.16. The van der Waals surface area contributed by atoms with Gasteiger partial charge in [0.05, 0.1) is 23.3 Å². The highest BCUT2D eigenvalue weighted by Crippen LogP contribution is 2.39. The first-order chi connectivity index (χ1) is 14.8. The number of amides is 1. The van der Waals surface area contributed by atoms with Crippen molar-refractivity contribution in [1.82, 2.24) is 10.3 Å². The van der Waals surface area contributed by atoms with Crippen LogP contribution in [0.3, 0.4) is 0 Å². The van der Waals surface area contributed by atoms with Gasteiger partial charge in [-0.2, -0.15) is 0 Å². The van der Waals surface area contributed by atoms with Crippen molar-refractivity contribution in [2.75, 3.05) is 11.9 Å². The Morgan fingerprint density at radius 3 is 2.52 bits per heavy atom. The molecule has 0 unspecified atom stereocenters. The van der Waals surface area contributed by atoms with E-state index in [0.29, 0.717) is 22.8 Å². The van der Waals surface area contributed by atoms with Crippen LogP contribution in [0.2, 0.25) is 10.0 Å². The molecule has 0 bridgehead atoms. The minimum atomic E-state index is -0.836. The van der Waals surface area contributed by atoms with Gasteiger partial charge < -0.3 is 20.8 Å². The molecule has 1 amide bonds. The average molecular weight is 466 g/mol. The lowest BCUT2D eigenvalue weighted by Gasteiger charge is -2.36. The van der Waals surface area contributed by atoms with E-state index in [4.69, 9.17) is 23.2 Å². The number of aromatic hydroxyl groups is 1. The SMILES string of the molecule is O=C(O)CC1(CNC(=O)c2ccc(NCc3cc(Cl)cc(Cl)c3O)cn2)CCCCC1. The standard InChI is InChI=1S/C22H25Cl2N3O4/c23-15-8-14(20(30)17(24)9-15)11-25-16-4-5-18(26-12-16)21(31)27-13-22(10-19(28)29)6-2-1-3-7-22/h4-5,8-9,12,25,30H,1-3,6-7,10-11,13H2,(H,27,31)(H,28,29). The number of hydrogen-bond acceptors (Lipinski definition) is 5. The average Bonchev–Trinajstić information content (AvgIpc) is 2.74. The molecule has 1 saturated carbocycles. The summed E-state index contributed by atoms with van der Waals surface area (Å²) in [6.45, 7) is 0.603. The fourth-order valence-electron chi connectivity index (χ4n) is 3.98. The quantitative estimate of drug-likeness (QED) is 0.442. The maximum absolute atomic E-state index is 12.5. The zero-order valence-electron chi connectivity index (χ0n) is 17.0. The van der Waals surface area contributed by atoms with E-state index >= 15 is 0 Å². The largest absolute Gasteiger partial charge is 0.506 e. The monoisotopic (exact) mass is 465 g/mol. The summed E-state index contributed by atoms with van der Waals surface area (Å²) in [5.41, 5.74) is 1.05. The zero-order chi connectivity index (χ0) is 22.4. The molecule has 0 saturated heterocycles. The molecule has 1 heterocycles. The summed E-state index contributed by atoms with van der Waals surface area (Å²) in [7, 11) is 0. The molecular weight excluding hydrogens is 441 g/mol. The van der Waals surface area contributed by atoms with Crippen molar-refractivity contribution in [3.05, 3.63) is 51.8 Å². The number of carboxylic acids is 1. The lowest BCUT2D eigenvalue weighted by atomic mass is 9.71. The fraction of sp³-hybridized carbons (Fsp3) is 0.409. The van der Waals surface area contributed by atoms with Gasteiger partial charge in [0.15, 0.2) is 0 Å². The molecule has 4 N–H and O–H groups in total. The summed E-state index contributed by atoms with van der Waals surface area (Å²) in [6, 6.07) is 6.38. The number of nitrogens with zero attached hydrogens (tertiary/aromatic N) is 1. The topological polar surface area (TPSA) is 112 Å². The maximum atomic E-state index is 12.5. The molecule has 0 spiro atoms. The first-order valence-electron chi connectivity index (χ1n) is 10.1. The van der Waals surface area contributed by atoms with Crippen LogP contribution >= 0.6 is 23.2 Å². The third-order valence-electron chi connectivity index (χ3n) is 5.65. The Balaban J connectivity index is 1.58. The first-order valence-corrected chi connectivity index (χ1v) is 10.9. The molecule has 1 fully saturated rings. The molecule has 3 rings (SSSR count). The molecule has 0 aliphatic heterocycles. The molecule has 31 heavy (non-hydrogen) atoms. The van der Waals surface area contributed by atoms with E-state index in [1.165, 1.54) is 12.3 Å². The van der Waals surface area contributed by atoms with Crippen LogP contribution in [-0.4, -0.2) is 33.6 Å². The molecular formula is C22H25Cl2N3O4. The number of carbonyl (C=O) groups is 2. The number of phenols is 1. The van der Waals surface area contributed by atoms with Crippen LogP contribution in [0.1, 0.15) is 54.6 Å². The number of carboxylic acid groups (broad SMARTS) is 1.